The largest absolute Gasteiger partial charge is 0.465 e. The Morgan fingerprint density at radius 3 is 2.05 bits per heavy atom. The van der Waals surface area contributed by atoms with Gasteiger partial charge >= 0.3 is 18.3 Å². The molecule has 1 aliphatic rings. The van der Waals surface area contributed by atoms with Gasteiger partial charge in [-0.25, -0.2) is 23.9 Å². The summed E-state index contributed by atoms with van der Waals surface area (Å²) in [6.07, 6.45) is -1.18. The summed E-state index contributed by atoms with van der Waals surface area (Å²) in [4.78, 5) is 45.3. The van der Waals surface area contributed by atoms with Crippen LogP contribution in [0.15, 0.2) is 18.5 Å². The van der Waals surface area contributed by atoms with Crippen LogP contribution < -0.4 is 4.90 Å². The van der Waals surface area contributed by atoms with Crippen molar-refractivity contribution in [2.75, 3.05) is 25.2 Å². The molecule has 2 atom stereocenters. The Bertz CT molecular complexity index is 1210. The van der Waals surface area contributed by atoms with E-state index in [0.29, 0.717) is 11.9 Å². The van der Waals surface area contributed by atoms with Crippen LogP contribution in [0.25, 0.3) is 5.52 Å². The summed E-state index contributed by atoms with van der Waals surface area (Å²) >= 11 is 0. The van der Waals surface area contributed by atoms with E-state index in [1.165, 1.54) is 11.2 Å². The molecule has 2 aromatic rings. The van der Waals surface area contributed by atoms with Gasteiger partial charge in [0.2, 0.25) is 0 Å². The predicted octanol–water partition coefficient (Wildman–Crippen LogP) is 5.30. The van der Waals surface area contributed by atoms with Gasteiger partial charge in [-0.15, -0.1) is 0 Å². The summed E-state index contributed by atoms with van der Waals surface area (Å²) in [5.74, 6) is -0.246. The Morgan fingerprint density at radius 1 is 1.03 bits per heavy atom. The minimum Gasteiger partial charge on any atom is -0.465 e. The first kappa shape index (κ1) is 30.1. The number of rotatable bonds is 4. The van der Waals surface area contributed by atoms with Gasteiger partial charge in [0.25, 0.3) is 0 Å². The van der Waals surface area contributed by atoms with E-state index < -0.39 is 40.4 Å². The molecular weight excluding hydrogens is 506 g/mol. The van der Waals surface area contributed by atoms with Crippen molar-refractivity contribution < 1.29 is 33.7 Å². The number of carboxylic acid groups (broad SMARTS) is 1. The van der Waals surface area contributed by atoms with Gasteiger partial charge < -0.3 is 19.3 Å². The van der Waals surface area contributed by atoms with E-state index in [-0.39, 0.29) is 24.9 Å². The van der Waals surface area contributed by atoms with Crippen LogP contribution in [0, 0.1) is 5.41 Å². The molecule has 39 heavy (non-hydrogen) atoms. The first-order chi connectivity index (χ1) is 17.8. The zero-order chi connectivity index (χ0) is 29.6. The van der Waals surface area contributed by atoms with Gasteiger partial charge in [-0.2, -0.15) is 10.00 Å². The summed E-state index contributed by atoms with van der Waals surface area (Å²) in [5.41, 5.74) is -1.88. The van der Waals surface area contributed by atoms with Crippen molar-refractivity contribution in [2.45, 2.75) is 91.4 Å². The zero-order valence-electron chi connectivity index (χ0n) is 24.6. The van der Waals surface area contributed by atoms with E-state index in [9.17, 15) is 19.5 Å². The topological polar surface area (TPSA) is 136 Å². The van der Waals surface area contributed by atoms with Crippen molar-refractivity contribution in [3.05, 3.63) is 24.2 Å². The van der Waals surface area contributed by atoms with Crippen LogP contribution in [0.3, 0.4) is 0 Å². The first-order valence-electron chi connectivity index (χ1n) is 12.9. The lowest BCUT2D eigenvalue weighted by atomic mass is 9.71. The molecule has 12 heteroatoms. The van der Waals surface area contributed by atoms with Crippen molar-refractivity contribution >= 4 is 29.6 Å². The number of anilines is 1. The SMILES string of the molecule is COC[C@]1(C(C)(C)C)CC(c2ccc3c(N(C(=O)OC(C)(C)C)C(=O)OC(C)(C)C)ncnn23)CN1C(=O)O. The molecule has 216 valence electrons. The van der Waals surface area contributed by atoms with Crippen LogP contribution in [0.2, 0.25) is 0 Å². The number of fused-ring (bicyclic) bond motifs is 1. The van der Waals surface area contributed by atoms with Crippen LogP contribution in [-0.2, 0) is 14.2 Å². The second-order valence-corrected chi connectivity index (χ2v) is 12.9. The van der Waals surface area contributed by atoms with Gasteiger partial charge in [0.15, 0.2) is 5.82 Å². The fraction of sp³-hybridized carbons (Fsp3) is 0.667. The highest BCUT2D eigenvalue weighted by Crippen LogP contribution is 2.49. The van der Waals surface area contributed by atoms with Crippen LogP contribution in [0.1, 0.15) is 80.3 Å². The molecule has 3 rings (SSSR count). The molecule has 3 heterocycles. The molecule has 3 amide bonds. The second-order valence-electron chi connectivity index (χ2n) is 12.9. The van der Waals surface area contributed by atoms with Crippen molar-refractivity contribution in [3.63, 3.8) is 0 Å². The van der Waals surface area contributed by atoms with Gasteiger partial charge in [-0.1, -0.05) is 20.8 Å². The lowest BCUT2D eigenvalue weighted by Crippen LogP contribution is -2.58. The molecule has 0 aromatic carbocycles. The lowest BCUT2D eigenvalue weighted by molar-refractivity contribution is -0.0259. The molecule has 2 aromatic heterocycles. The van der Waals surface area contributed by atoms with Crippen LogP contribution in [-0.4, -0.2) is 79.9 Å². The highest BCUT2D eigenvalue weighted by Gasteiger charge is 2.55. The van der Waals surface area contributed by atoms with E-state index >= 15 is 0 Å². The predicted molar refractivity (Wildman–Crippen MR) is 144 cm³/mol. The Hall–Kier alpha value is -3.41. The van der Waals surface area contributed by atoms with E-state index in [1.54, 1.807) is 59.2 Å². The quantitative estimate of drug-likeness (QED) is 0.540. The number of carbonyl (C=O) groups is 3. The minimum atomic E-state index is -1.03. The fourth-order valence-corrected chi connectivity index (χ4v) is 5.02. The van der Waals surface area contributed by atoms with Crippen molar-refractivity contribution in [3.8, 4) is 0 Å². The lowest BCUT2D eigenvalue weighted by Gasteiger charge is -2.46. The molecule has 1 saturated heterocycles. The Morgan fingerprint density at radius 2 is 1.59 bits per heavy atom. The highest BCUT2D eigenvalue weighted by atomic mass is 16.6. The molecule has 0 radical (unpaired) electrons. The molecule has 1 fully saturated rings. The molecule has 12 nitrogen and oxygen atoms in total. The van der Waals surface area contributed by atoms with Crippen LogP contribution in [0.4, 0.5) is 20.2 Å². The molecular formula is C27H41N5O7. The normalized spacial score (nSPS) is 20.3. The van der Waals surface area contributed by atoms with Crippen molar-refractivity contribution in [1.29, 1.82) is 0 Å². The average Bonchev–Trinajstić information content (AvgIpc) is 3.34. The first-order valence-corrected chi connectivity index (χ1v) is 12.9. The number of hydrogen-bond acceptors (Lipinski definition) is 8. The molecule has 0 saturated carbocycles. The maximum atomic E-state index is 13.2. The Labute approximate surface area is 229 Å². The number of hydrogen-bond donors (Lipinski definition) is 1. The molecule has 0 spiro atoms. The molecule has 0 aliphatic carbocycles. The molecule has 0 bridgehead atoms. The minimum absolute atomic E-state index is 0.00758. The standard InChI is InChI=1S/C27H41N5O7/c1-24(2,3)27(15-37-10)13-17(14-30(27)21(33)34)18-11-12-19-20(28-16-29-32(18)19)31(22(35)38-25(4,5)6)23(36)39-26(7,8)9/h11-12,16-17H,13-15H2,1-10H3,(H,33,34)/t17?,27-/m0/s1. The van der Waals surface area contributed by atoms with Gasteiger partial charge in [-0.05, 0) is 65.5 Å². The summed E-state index contributed by atoms with van der Waals surface area (Å²) in [5, 5.41) is 14.5. The third kappa shape index (κ3) is 6.10. The van der Waals surface area contributed by atoms with Gasteiger partial charge in [-0.3, -0.25) is 4.90 Å². The Kier molecular flexibility index (Phi) is 7.95. The number of carbonyl (C=O) groups excluding carboxylic acids is 2. The van der Waals surface area contributed by atoms with Crippen molar-refractivity contribution in [1.82, 2.24) is 19.5 Å². The fourth-order valence-electron chi connectivity index (χ4n) is 5.02. The number of ether oxygens (including phenoxy) is 3. The smallest absolute Gasteiger partial charge is 0.425 e. The third-order valence-electron chi connectivity index (χ3n) is 6.76. The maximum Gasteiger partial charge on any atom is 0.425 e. The number of amides is 3. The van der Waals surface area contributed by atoms with Gasteiger partial charge in [0.1, 0.15) is 23.0 Å². The average molecular weight is 548 g/mol. The summed E-state index contributed by atoms with van der Waals surface area (Å²) in [6.45, 7) is 16.6. The van der Waals surface area contributed by atoms with E-state index in [1.807, 2.05) is 26.8 Å². The summed E-state index contributed by atoms with van der Waals surface area (Å²) in [7, 11) is 1.56. The van der Waals surface area contributed by atoms with Crippen LogP contribution >= 0.6 is 0 Å². The molecule has 1 aliphatic heterocycles. The highest BCUT2D eigenvalue weighted by molar-refractivity contribution is 6.11. The number of methoxy groups -OCH3 is 1. The van der Waals surface area contributed by atoms with Crippen LogP contribution in [0.5, 0.6) is 0 Å². The molecule has 1 N–H and O–H groups in total. The summed E-state index contributed by atoms with van der Waals surface area (Å²) < 4.78 is 18.1. The Balaban J connectivity index is 2.12. The zero-order valence-corrected chi connectivity index (χ0v) is 24.6. The van der Waals surface area contributed by atoms with Gasteiger partial charge in [0, 0.05) is 25.3 Å². The summed E-state index contributed by atoms with van der Waals surface area (Å²) in [6, 6.07) is 3.51. The number of aromatic nitrogens is 3. The van der Waals surface area contributed by atoms with E-state index in [0.717, 1.165) is 10.6 Å². The van der Waals surface area contributed by atoms with E-state index in [4.69, 9.17) is 14.2 Å². The second kappa shape index (κ2) is 10.3. The van der Waals surface area contributed by atoms with E-state index in [2.05, 4.69) is 10.1 Å². The number of nitrogens with zero attached hydrogens (tertiary/aromatic N) is 5. The molecule has 1 unspecified atom stereocenters. The number of likely N-dealkylation sites (tertiary alicyclic amines) is 1. The maximum absolute atomic E-state index is 13.2. The van der Waals surface area contributed by atoms with Crippen molar-refractivity contribution in [2.24, 2.45) is 5.41 Å². The monoisotopic (exact) mass is 547 g/mol. The third-order valence-corrected chi connectivity index (χ3v) is 6.76. The van der Waals surface area contributed by atoms with Gasteiger partial charge in [0.05, 0.1) is 12.1 Å². The number of imide groups is 1.